The molecule has 0 aromatic heterocycles. The molecule has 3 atom stereocenters. The lowest BCUT2D eigenvalue weighted by molar-refractivity contribution is -0.123. The molecule has 20 heavy (non-hydrogen) atoms. The van der Waals surface area contributed by atoms with Crippen LogP contribution < -0.4 is 10.6 Å². The van der Waals surface area contributed by atoms with Gasteiger partial charge in [0.05, 0.1) is 5.92 Å². The second-order valence-corrected chi connectivity index (χ2v) is 7.17. The topological polar surface area (TPSA) is 70.7 Å². The van der Waals surface area contributed by atoms with Crippen molar-refractivity contribution >= 4 is 12.0 Å². The van der Waals surface area contributed by atoms with Gasteiger partial charge in [-0.3, -0.25) is 4.79 Å². The SMILES string of the molecule is CC(C)(C)OC(=O)N1CC[C@H]2NC(=O)[C@@H]3CNC[C@]23C1. The summed E-state index contributed by atoms with van der Waals surface area (Å²) in [4.78, 5) is 26.0. The van der Waals surface area contributed by atoms with Gasteiger partial charge in [0.25, 0.3) is 0 Å². The lowest BCUT2D eigenvalue weighted by Gasteiger charge is -2.43. The zero-order valence-electron chi connectivity index (χ0n) is 12.4. The van der Waals surface area contributed by atoms with Crippen LogP contribution in [0.25, 0.3) is 0 Å². The summed E-state index contributed by atoms with van der Waals surface area (Å²) in [6.07, 6.45) is 0.540. The third-order valence-corrected chi connectivity index (χ3v) is 4.65. The van der Waals surface area contributed by atoms with Crippen molar-refractivity contribution in [1.29, 1.82) is 0 Å². The molecule has 0 aromatic carbocycles. The maximum atomic E-state index is 12.2. The van der Waals surface area contributed by atoms with E-state index in [0.29, 0.717) is 19.6 Å². The molecule has 3 heterocycles. The van der Waals surface area contributed by atoms with Crippen LogP contribution in [0.2, 0.25) is 0 Å². The molecule has 0 aliphatic carbocycles. The van der Waals surface area contributed by atoms with E-state index in [1.165, 1.54) is 0 Å². The fourth-order valence-corrected chi connectivity index (χ4v) is 3.75. The van der Waals surface area contributed by atoms with E-state index in [0.717, 1.165) is 13.0 Å². The molecule has 0 aromatic rings. The number of rotatable bonds is 0. The van der Waals surface area contributed by atoms with E-state index in [9.17, 15) is 9.59 Å². The minimum atomic E-state index is -0.483. The number of likely N-dealkylation sites (tertiary alicyclic amines) is 1. The van der Waals surface area contributed by atoms with Gasteiger partial charge in [-0.05, 0) is 27.2 Å². The van der Waals surface area contributed by atoms with Crippen molar-refractivity contribution in [2.45, 2.75) is 38.8 Å². The highest BCUT2D eigenvalue weighted by molar-refractivity contribution is 5.84. The van der Waals surface area contributed by atoms with Crippen molar-refractivity contribution in [3.63, 3.8) is 0 Å². The Morgan fingerprint density at radius 2 is 2.20 bits per heavy atom. The maximum Gasteiger partial charge on any atom is 0.410 e. The summed E-state index contributed by atoms with van der Waals surface area (Å²) >= 11 is 0. The number of carbonyl (C=O) groups is 2. The largest absolute Gasteiger partial charge is 0.444 e. The van der Waals surface area contributed by atoms with Crippen LogP contribution in [0, 0.1) is 11.3 Å². The normalized spacial score (nSPS) is 36.4. The number of hydrogen-bond donors (Lipinski definition) is 2. The van der Waals surface area contributed by atoms with Crippen molar-refractivity contribution in [2.75, 3.05) is 26.2 Å². The maximum absolute atomic E-state index is 12.2. The number of ether oxygens (including phenoxy) is 1. The highest BCUT2D eigenvalue weighted by Crippen LogP contribution is 2.44. The van der Waals surface area contributed by atoms with Gasteiger partial charge in [-0.1, -0.05) is 0 Å². The monoisotopic (exact) mass is 281 g/mol. The van der Waals surface area contributed by atoms with Gasteiger partial charge < -0.3 is 20.3 Å². The lowest BCUT2D eigenvalue weighted by atomic mass is 9.72. The first-order valence-corrected chi connectivity index (χ1v) is 7.31. The van der Waals surface area contributed by atoms with E-state index < -0.39 is 5.60 Å². The van der Waals surface area contributed by atoms with E-state index >= 15 is 0 Å². The van der Waals surface area contributed by atoms with E-state index in [1.807, 2.05) is 20.8 Å². The Labute approximate surface area is 119 Å². The molecule has 1 spiro atoms. The molecular weight excluding hydrogens is 258 g/mol. The number of carbonyl (C=O) groups excluding carboxylic acids is 2. The molecule has 3 aliphatic rings. The zero-order chi connectivity index (χ0) is 14.5. The van der Waals surface area contributed by atoms with Gasteiger partial charge in [0.15, 0.2) is 0 Å². The predicted molar refractivity (Wildman–Crippen MR) is 73.1 cm³/mol. The standard InChI is InChI=1S/C14H23N3O3/c1-13(2,3)20-12(19)17-5-4-10-14(8-17)7-15-6-9(14)11(18)16-10/h9-10,15H,4-8H2,1-3H3,(H,16,18)/t9-,10+,14+/m0/s1. The van der Waals surface area contributed by atoms with E-state index in [-0.39, 0.29) is 29.4 Å². The van der Waals surface area contributed by atoms with Gasteiger partial charge in [-0.25, -0.2) is 4.79 Å². The van der Waals surface area contributed by atoms with Crippen molar-refractivity contribution < 1.29 is 14.3 Å². The van der Waals surface area contributed by atoms with Crippen molar-refractivity contribution in [3.05, 3.63) is 0 Å². The number of amides is 2. The molecule has 0 saturated carbocycles. The van der Waals surface area contributed by atoms with Crippen LogP contribution in [-0.4, -0.2) is 54.7 Å². The quantitative estimate of drug-likeness (QED) is 0.671. The summed E-state index contributed by atoms with van der Waals surface area (Å²) < 4.78 is 5.46. The summed E-state index contributed by atoms with van der Waals surface area (Å²) in [5, 5.41) is 6.41. The van der Waals surface area contributed by atoms with Gasteiger partial charge in [-0.15, -0.1) is 0 Å². The fourth-order valence-electron chi connectivity index (χ4n) is 3.75. The van der Waals surface area contributed by atoms with Crippen LogP contribution in [0.4, 0.5) is 4.79 Å². The van der Waals surface area contributed by atoms with Crippen LogP contribution in [0.3, 0.4) is 0 Å². The third kappa shape index (κ3) is 2.06. The Hall–Kier alpha value is -1.30. The molecule has 112 valence electrons. The Bertz CT molecular complexity index is 445. The minimum absolute atomic E-state index is 0.0160. The average molecular weight is 281 g/mol. The number of hydrogen-bond acceptors (Lipinski definition) is 4. The van der Waals surface area contributed by atoms with Crippen LogP contribution in [0.1, 0.15) is 27.2 Å². The molecule has 0 radical (unpaired) electrons. The van der Waals surface area contributed by atoms with Gasteiger partial charge >= 0.3 is 6.09 Å². The Balaban J connectivity index is 1.76. The summed E-state index contributed by atoms with van der Waals surface area (Å²) in [7, 11) is 0. The molecule has 3 fully saturated rings. The first-order valence-electron chi connectivity index (χ1n) is 7.31. The Kier molecular flexibility index (Phi) is 2.97. The first-order chi connectivity index (χ1) is 9.32. The van der Waals surface area contributed by atoms with Gasteiger partial charge in [-0.2, -0.15) is 0 Å². The molecule has 3 aliphatic heterocycles. The highest BCUT2D eigenvalue weighted by atomic mass is 16.6. The second-order valence-electron chi connectivity index (χ2n) is 7.17. The fraction of sp³-hybridized carbons (Fsp3) is 0.857. The molecule has 0 bridgehead atoms. The molecule has 2 amide bonds. The minimum Gasteiger partial charge on any atom is -0.444 e. The van der Waals surface area contributed by atoms with E-state index in [2.05, 4.69) is 10.6 Å². The van der Waals surface area contributed by atoms with Crippen molar-refractivity contribution in [1.82, 2.24) is 15.5 Å². The second kappa shape index (κ2) is 4.35. The summed E-state index contributed by atoms with van der Waals surface area (Å²) in [5.41, 5.74) is -0.630. The van der Waals surface area contributed by atoms with E-state index in [1.54, 1.807) is 4.90 Å². The van der Waals surface area contributed by atoms with E-state index in [4.69, 9.17) is 4.74 Å². The van der Waals surface area contributed by atoms with Crippen LogP contribution in [-0.2, 0) is 9.53 Å². The highest BCUT2D eigenvalue weighted by Gasteiger charge is 2.60. The third-order valence-electron chi connectivity index (χ3n) is 4.65. The van der Waals surface area contributed by atoms with Gasteiger partial charge in [0, 0.05) is 37.6 Å². The molecule has 6 nitrogen and oxygen atoms in total. The average Bonchev–Trinajstić information content (AvgIpc) is 2.83. The smallest absolute Gasteiger partial charge is 0.410 e. The molecule has 0 unspecified atom stereocenters. The molecule has 6 heteroatoms. The van der Waals surface area contributed by atoms with Crippen LogP contribution in [0.5, 0.6) is 0 Å². The summed E-state index contributed by atoms with van der Waals surface area (Å²) in [5.74, 6) is 0.115. The molecule has 3 saturated heterocycles. The zero-order valence-corrected chi connectivity index (χ0v) is 12.4. The summed E-state index contributed by atoms with van der Waals surface area (Å²) in [6, 6.07) is 0.189. The molecular formula is C14H23N3O3. The predicted octanol–water partition coefficient (Wildman–Crippen LogP) is 0.331. The number of nitrogens with one attached hydrogen (secondary N) is 2. The number of piperidine rings is 1. The first kappa shape index (κ1) is 13.7. The van der Waals surface area contributed by atoms with Crippen LogP contribution >= 0.6 is 0 Å². The lowest BCUT2D eigenvalue weighted by Crippen LogP contribution is -2.57. The van der Waals surface area contributed by atoms with Crippen molar-refractivity contribution in [3.8, 4) is 0 Å². The van der Waals surface area contributed by atoms with Gasteiger partial charge in [0.1, 0.15) is 5.60 Å². The van der Waals surface area contributed by atoms with Crippen LogP contribution in [0.15, 0.2) is 0 Å². The molecule has 3 rings (SSSR count). The molecule has 2 N–H and O–H groups in total. The van der Waals surface area contributed by atoms with Gasteiger partial charge in [0.2, 0.25) is 5.91 Å². The number of nitrogens with zero attached hydrogens (tertiary/aromatic N) is 1. The van der Waals surface area contributed by atoms with Crippen molar-refractivity contribution in [2.24, 2.45) is 11.3 Å². The summed E-state index contributed by atoms with van der Waals surface area (Å²) in [6.45, 7) is 8.37. The Morgan fingerprint density at radius 3 is 2.90 bits per heavy atom. The Morgan fingerprint density at radius 1 is 1.45 bits per heavy atom.